The van der Waals surface area contributed by atoms with E-state index >= 15 is 4.39 Å². The molecule has 0 amide bonds. The molecule has 7 heteroatoms. The lowest BCUT2D eigenvalue weighted by Gasteiger charge is -2.64. The second kappa shape index (κ2) is 5.83. The minimum Gasteiger partial charge on any atom is -0.479 e. The Bertz CT molecular complexity index is 827. The van der Waals surface area contributed by atoms with E-state index in [0.29, 0.717) is 12.0 Å². The molecule has 28 heavy (non-hydrogen) atoms. The van der Waals surface area contributed by atoms with E-state index in [2.05, 4.69) is 0 Å². The number of carbonyl (C=O) groups excluding carboxylic acids is 1. The number of aliphatic carboxylic acids is 1. The van der Waals surface area contributed by atoms with Gasteiger partial charge in [-0.15, -0.1) is 23.2 Å². The van der Waals surface area contributed by atoms with Gasteiger partial charge >= 0.3 is 5.97 Å². The Balaban J connectivity index is 1.88. The Morgan fingerprint density at radius 3 is 2.54 bits per heavy atom. The predicted octanol–water partition coefficient (Wildman–Crippen LogP) is 3.88. The number of hydrogen-bond acceptors (Lipinski definition) is 3. The molecule has 0 aromatic heterocycles. The number of aliphatic hydroxyl groups is 1. The van der Waals surface area contributed by atoms with Crippen LogP contribution in [0.4, 0.5) is 4.39 Å². The van der Waals surface area contributed by atoms with Crippen LogP contribution in [0.5, 0.6) is 0 Å². The van der Waals surface area contributed by atoms with Crippen molar-refractivity contribution < 1.29 is 24.2 Å². The summed E-state index contributed by atoms with van der Waals surface area (Å²) in [5.41, 5.74) is -3.56. The number of allylic oxidation sites excluding steroid dienone is 4. The summed E-state index contributed by atoms with van der Waals surface area (Å²) in [6.45, 7) is 5.29. The summed E-state index contributed by atoms with van der Waals surface area (Å²) >= 11 is 14.1. The van der Waals surface area contributed by atoms with Crippen LogP contribution in [0.1, 0.15) is 40.0 Å². The van der Waals surface area contributed by atoms with Crippen LogP contribution in [-0.4, -0.2) is 44.0 Å². The van der Waals surface area contributed by atoms with Gasteiger partial charge in [0.15, 0.2) is 11.4 Å². The third-order valence-corrected chi connectivity index (χ3v) is 10.0. The van der Waals surface area contributed by atoms with Crippen molar-refractivity contribution in [3.63, 3.8) is 0 Å². The number of hydrogen-bond donors (Lipinski definition) is 2. The molecule has 3 fully saturated rings. The third-order valence-electron chi connectivity index (χ3n) is 8.49. The minimum absolute atomic E-state index is 0.0674. The van der Waals surface area contributed by atoms with Gasteiger partial charge in [-0.3, -0.25) is 4.79 Å². The number of carboxylic acid groups (broad SMARTS) is 1. The average molecular weight is 431 g/mol. The Hall–Kier alpha value is -0.910. The standard InChI is InChI=1S/C21H25Cl2FO4/c1-10-6-12-13-8-15(24)14-7-11(25)4-5-18(14,2)20(13,23)16(22)9-19(12,3)21(10,28)17(26)27/h4-5,7,10,12-13,15-16,28H,6,8-9H2,1-3H3,(H,26,27)/t10-,12-,13-,15-,16-,18-,19-,20-,21-/m0/s1. The normalized spacial score (nSPS) is 55.2. The second-order valence-corrected chi connectivity index (χ2v) is 10.7. The van der Waals surface area contributed by atoms with Crippen molar-refractivity contribution in [1.29, 1.82) is 0 Å². The first kappa shape index (κ1) is 20.4. The zero-order valence-electron chi connectivity index (χ0n) is 16.1. The molecular formula is C21H25Cl2FO4. The van der Waals surface area contributed by atoms with E-state index in [-0.39, 0.29) is 24.5 Å². The number of rotatable bonds is 1. The van der Waals surface area contributed by atoms with Crippen molar-refractivity contribution in [1.82, 2.24) is 0 Å². The zero-order valence-corrected chi connectivity index (χ0v) is 17.6. The lowest BCUT2D eigenvalue weighted by atomic mass is 9.46. The van der Waals surface area contributed by atoms with Gasteiger partial charge in [-0.25, -0.2) is 9.18 Å². The first-order chi connectivity index (χ1) is 12.8. The maximum Gasteiger partial charge on any atom is 0.336 e. The summed E-state index contributed by atoms with van der Waals surface area (Å²) in [4.78, 5) is 22.9. The van der Waals surface area contributed by atoms with Crippen molar-refractivity contribution >= 4 is 35.0 Å². The van der Waals surface area contributed by atoms with Crippen LogP contribution in [-0.2, 0) is 9.59 Å². The fourth-order valence-electron chi connectivity index (χ4n) is 6.93. The maximum atomic E-state index is 15.3. The van der Waals surface area contributed by atoms with Crippen molar-refractivity contribution in [2.45, 2.75) is 62.1 Å². The predicted molar refractivity (Wildman–Crippen MR) is 104 cm³/mol. The fraction of sp³-hybridized carbons (Fsp3) is 0.714. The zero-order chi connectivity index (χ0) is 20.9. The van der Waals surface area contributed by atoms with Crippen molar-refractivity contribution in [2.24, 2.45) is 28.6 Å². The summed E-state index contributed by atoms with van der Waals surface area (Å²) in [7, 11) is 0. The van der Waals surface area contributed by atoms with Gasteiger partial charge in [-0.1, -0.05) is 26.8 Å². The number of carboxylic acids is 1. The molecule has 0 aliphatic heterocycles. The number of fused-ring (bicyclic) bond motifs is 5. The van der Waals surface area contributed by atoms with Crippen LogP contribution in [0.2, 0.25) is 0 Å². The van der Waals surface area contributed by atoms with E-state index in [1.807, 2.05) is 6.92 Å². The molecule has 0 aromatic rings. The molecule has 0 heterocycles. The molecule has 154 valence electrons. The van der Waals surface area contributed by atoms with Crippen molar-refractivity contribution in [2.75, 3.05) is 0 Å². The first-order valence-electron chi connectivity index (χ1n) is 9.72. The maximum absolute atomic E-state index is 15.3. The van der Waals surface area contributed by atoms with Gasteiger partial charge in [-0.2, -0.15) is 0 Å². The Morgan fingerprint density at radius 1 is 1.29 bits per heavy atom. The van der Waals surface area contributed by atoms with Gasteiger partial charge in [0.1, 0.15) is 6.17 Å². The van der Waals surface area contributed by atoms with E-state index in [4.69, 9.17) is 23.2 Å². The Labute approximate surface area is 173 Å². The van der Waals surface area contributed by atoms with E-state index in [9.17, 15) is 19.8 Å². The summed E-state index contributed by atoms with van der Waals surface area (Å²) in [5, 5.41) is 20.4. The number of alkyl halides is 3. The minimum atomic E-state index is -1.94. The van der Waals surface area contributed by atoms with Crippen LogP contribution in [0.3, 0.4) is 0 Å². The van der Waals surface area contributed by atoms with Crippen LogP contribution < -0.4 is 0 Å². The van der Waals surface area contributed by atoms with Crippen molar-refractivity contribution in [3.05, 3.63) is 23.8 Å². The largest absolute Gasteiger partial charge is 0.479 e. The molecule has 9 atom stereocenters. The van der Waals surface area contributed by atoms with Gasteiger partial charge in [-0.05, 0) is 54.7 Å². The molecule has 0 spiro atoms. The first-order valence-corrected chi connectivity index (χ1v) is 10.5. The van der Waals surface area contributed by atoms with Gasteiger partial charge in [0.05, 0.1) is 10.3 Å². The Morgan fingerprint density at radius 2 is 1.93 bits per heavy atom. The summed E-state index contributed by atoms with van der Waals surface area (Å²) in [6.07, 6.45) is 3.74. The van der Waals surface area contributed by atoms with Gasteiger partial charge < -0.3 is 10.2 Å². The van der Waals surface area contributed by atoms with Crippen LogP contribution in [0.15, 0.2) is 23.8 Å². The second-order valence-electron chi connectivity index (χ2n) is 9.52. The molecule has 4 rings (SSSR count). The highest BCUT2D eigenvalue weighted by Gasteiger charge is 2.75. The summed E-state index contributed by atoms with van der Waals surface area (Å²) < 4.78 is 15.3. The topological polar surface area (TPSA) is 74.6 Å². The number of ketones is 1. The van der Waals surface area contributed by atoms with E-state index in [1.165, 1.54) is 12.2 Å². The molecule has 4 nitrogen and oxygen atoms in total. The smallest absolute Gasteiger partial charge is 0.336 e. The van der Waals surface area contributed by atoms with Gasteiger partial charge in [0, 0.05) is 10.8 Å². The Kier molecular flexibility index (Phi) is 4.24. The summed E-state index contributed by atoms with van der Waals surface area (Å²) in [5.74, 6) is -2.76. The molecule has 4 aliphatic rings. The molecule has 0 bridgehead atoms. The monoisotopic (exact) mass is 430 g/mol. The molecule has 3 saturated carbocycles. The highest BCUT2D eigenvalue weighted by atomic mass is 35.5. The molecular weight excluding hydrogens is 406 g/mol. The number of halogens is 3. The molecule has 0 saturated heterocycles. The summed E-state index contributed by atoms with van der Waals surface area (Å²) in [6, 6.07) is 0. The lowest BCUT2D eigenvalue weighted by Crippen LogP contribution is -2.68. The van der Waals surface area contributed by atoms with Crippen LogP contribution in [0.25, 0.3) is 0 Å². The molecule has 0 unspecified atom stereocenters. The van der Waals surface area contributed by atoms with Gasteiger partial charge in [0.2, 0.25) is 0 Å². The van der Waals surface area contributed by atoms with E-state index in [0.717, 1.165) is 0 Å². The SMILES string of the molecule is C[C@H]1C[C@H]2[C@@H]3C[C@H](F)C4=CC(=O)C=C[C@]4(C)[C@@]3(Cl)[C@@H](Cl)C[C@]2(C)[C@@]1(O)C(=O)O. The van der Waals surface area contributed by atoms with Crippen LogP contribution in [0, 0.1) is 28.6 Å². The van der Waals surface area contributed by atoms with E-state index in [1.54, 1.807) is 19.9 Å². The average Bonchev–Trinajstić information content (AvgIpc) is 2.81. The molecule has 4 aliphatic carbocycles. The van der Waals surface area contributed by atoms with Gasteiger partial charge in [0.25, 0.3) is 0 Å². The molecule has 2 N–H and O–H groups in total. The molecule has 0 radical (unpaired) electrons. The number of carbonyl (C=O) groups is 2. The third kappa shape index (κ3) is 2.06. The van der Waals surface area contributed by atoms with Crippen LogP contribution >= 0.6 is 23.2 Å². The quantitative estimate of drug-likeness (QED) is 0.618. The lowest BCUT2D eigenvalue weighted by molar-refractivity contribution is -0.185. The fourth-order valence-corrected chi connectivity index (χ4v) is 8.13. The van der Waals surface area contributed by atoms with E-state index < -0.39 is 50.7 Å². The van der Waals surface area contributed by atoms with Crippen molar-refractivity contribution in [3.8, 4) is 0 Å². The highest BCUT2D eigenvalue weighted by molar-refractivity contribution is 6.34. The highest BCUT2D eigenvalue weighted by Crippen LogP contribution is 2.72. The molecule has 0 aromatic carbocycles.